The van der Waals surface area contributed by atoms with Crippen molar-refractivity contribution in [1.82, 2.24) is 0 Å². The fourth-order valence-electron chi connectivity index (χ4n) is 1.62. The van der Waals surface area contributed by atoms with Crippen molar-refractivity contribution in [3.8, 4) is 11.1 Å². The molecule has 0 aliphatic heterocycles. The van der Waals surface area contributed by atoms with Gasteiger partial charge >= 0.3 is 0 Å². The van der Waals surface area contributed by atoms with Gasteiger partial charge in [-0.15, -0.1) is 0 Å². The minimum absolute atomic E-state index is 0.124. The number of aldehydes is 1. The Bertz CT molecular complexity index is 573. The Balaban J connectivity index is 2.48. The van der Waals surface area contributed by atoms with E-state index in [-0.39, 0.29) is 5.56 Å². The first-order valence-electron chi connectivity index (χ1n) is 5.08. The first kappa shape index (κ1) is 11.1. The number of carbonyl (C=O) groups excluding carboxylic acids is 2. The Kier molecular flexibility index (Phi) is 3.01. The van der Waals surface area contributed by atoms with Gasteiger partial charge in [-0.2, -0.15) is 0 Å². The fraction of sp³-hybridized carbons (Fsp3) is 0. The van der Waals surface area contributed by atoms with Crippen molar-refractivity contribution in [2.24, 2.45) is 0 Å². The third-order valence-electron chi connectivity index (χ3n) is 2.45. The summed E-state index contributed by atoms with van der Waals surface area (Å²) in [4.78, 5) is 21.4. The number of carboxylic acid groups (broad SMARTS) is 1. The molecule has 84 valence electrons. The van der Waals surface area contributed by atoms with Gasteiger partial charge in [0.15, 0.2) is 0 Å². The van der Waals surface area contributed by atoms with Gasteiger partial charge in [-0.1, -0.05) is 36.4 Å². The molecule has 2 aromatic carbocycles. The molecule has 17 heavy (non-hydrogen) atoms. The Hall–Kier alpha value is -2.42. The fourth-order valence-corrected chi connectivity index (χ4v) is 1.62. The van der Waals surface area contributed by atoms with Gasteiger partial charge in [-0.3, -0.25) is 4.79 Å². The highest BCUT2D eigenvalue weighted by Crippen LogP contribution is 2.20. The van der Waals surface area contributed by atoms with Gasteiger partial charge in [0, 0.05) is 5.56 Å². The van der Waals surface area contributed by atoms with E-state index in [4.69, 9.17) is 0 Å². The molecular formula is C14H9O3-. The van der Waals surface area contributed by atoms with Crippen LogP contribution in [-0.2, 0) is 0 Å². The molecular weight excluding hydrogens is 216 g/mol. The average Bonchev–Trinajstić information content (AvgIpc) is 2.39. The zero-order chi connectivity index (χ0) is 12.3. The molecule has 3 heteroatoms. The standard InChI is InChI=1S/C14H10O3/c15-9-10-3-1-4-11(7-10)12-5-2-6-13(8-12)14(16)17/h1-9H,(H,16,17)/p-1. The molecule has 2 rings (SSSR count). The molecule has 0 saturated carbocycles. The molecule has 0 bridgehead atoms. The van der Waals surface area contributed by atoms with Gasteiger partial charge in [0.25, 0.3) is 0 Å². The first-order valence-corrected chi connectivity index (χ1v) is 5.08. The molecule has 0 aliphatic rings. The van der Waals surface area contributed by atoms with Crippen molar-refractivity contribution >= 4 is 12.3 Å². The van der Waals surface area contributed by atoms with Crippen LogP contribution in [0.1, 0.15) is 20.7 Å². The second-order valence-electron chi connectivity index (χ2n) is 3.61. The van der Waals surface area contributed by atoms with Gasteiger partial charge in [-0.05, 0) is 28.8 Å². The van der Waals surface area contributed by atoms with Crippen LogP contribution in [0.25, 0.3) is 11.1 Å². The van der Waals surface area contributed by atoms with Crippen LogP contribution in [0, 0.1) is 0 Å². The SMILES string of the molecule is O=Cc1cccc(-c2cccc(C(=O)[O-])c2)c1. The van der Waals surface area contributed by atoms with Gasteiger partial charge in [0.1, 0.15) is 6.29 Å². The smallest absolute Gasteiger partial charge is 0.150 e. The lowest BCUT2D eigenvalue weighted by Crippen LogP contribution is -2.22. The van der Waals surface area contributed by atoms with Crippen molar-refractivity contribution < 1.29 is 14.7 Å². The van der Waals surface area contributed by atoms with Gasteiger partial charge < -0.3 is 9.90 Å². The van der Waals surface area contributed by atoms with E-state index in [1.807, 2.05) is 6.07 Å². The summed E-state index contributed by atoms with van der Waals surface area (Å²) in [6.45, 7) is 0. The zero-order valence-electron chi connectivity index (χ0n) is 8.92. The maximum atomic E-state index is 10.7. The molecule has 0 saturated heterocycles. The maximum Gasteiger partial charge on any atom is 0.150 e. The predicted molar refractivity (Wildman–Crippen MR) is 61.6 cm³/mol. The van der Waals surface area contributed by atoms with Crippen molar-refractivity contribution in [1.29, 1.82) is 0 Å². The predicted octanol–water partition coefficient (Wildman–Crippen LogP) is 1.53. The number of hydrogen-bond donors (Lipinski definition) is 0. The third kappa shape index (κ3) is 2.39. The van der Waals surface area contributed by atoms with Crippen LogP contribution in [0.2, 0.25) is 0 Å². The van der Waals surface area contributed by atoms with E-state index < -0.39 is 5.97 Å². The van der Waals surface area contributed by atoms with Crippen molar-refractivity contribution in [3.63, 3.8) is 0 Å². The summed E-state index contributed by atoms with van der Waals surface area (Å²) in [6.07, 6.45) is 0.756. The van der Waals surface area contributed by atoms with Crippen LogP contribution in [0.5, 0.6) is 0 Å². The summed E-state index contributed by atoms with van der Waals surface area (Å²) in [6, 6.07) is 13.4. The summed E-state index contributed by atoms with van der Waals surface area (Å²) in [5, 5.41) is 10.7. The quantitative estimate of drug-likeness (QED) is 0.744. The molecule has 0 amide bonds. The normalized spacial score (nSPS) is 9.88. The van der Waals surface area contributed by atoms with Crippen molar-refractivity contribution in [2.45, 2.75) is 0 Å². The highest BCUT2D eigenvalue weighted by atomic mass is 16.4. The maximum absolute atomic E-state index is 10.7. The number of carbonyl (C=O) groups is 2. The lowest BCUT2D eigenvalue weighted by atomic mass is 10.0. The summed E-state index contributed by atoms with van der Waals surface area (Å²) in [5.41, 5.74) is 2.23. The third-order valence-corrected chi connectivity index (χ3v) is 2.45. The van der Waals surface area contributed by atoms with E-state index in [1.165, 1.54) is 12.1 Å². The largest absolute Gasteiger partial charge is 0.545 e. The Labute approximate surface area is 98.3 Å². The molecule has 2 aromatic rings. The highest BCUT2D eigenvalue weighted by molar-refractivity contribution is 5.88. The minimum Gasteiger partial charge on any atom is -0.545 e. The summed E-state index contributed by atoms with van der Waals surface area (Å²) < 4.78 is 0. The minimum atomic E-state index is -1.21. The van der Waals surface area contributed by atoms with E-state index in [0.29, 0.717) is 5.56 Å². The molecule has 0 atom stereocenters. The van der Waals surface area contributed by atoms with E-state index in [9.17, 15) is 14.7 Å². The van der Waals surface area contributed by atoms with Crippen LogP contribution >= 0.6 is 0 Å². The van der Waals surface area contributed by atoms with Crippen LogP contribution in [0.15, 0.2) is 48.5 Å². The summed E-state index contributed by atoms with van der Waals surface area (Å²) in [5.74, 6) is -1.21. The number of carboxylic acids is 1. The molecule has 0 N–H and O–H groups in total. The molecule has 0 unspecified atom stereocenters. The topological polar surface area (TPSA) is 57.2 Å². The molecule has 0 fully saturated rings. The van der Waals surface area contributed by atoms with E-state index in [0.717, 1.165) is 17.4 Å². The molecule has 0 aliphatic carbocycles. The van der Waals surface area contributed by atoms with Gasteiger partial charge in [0.05, 0.1) is 5.97 Å². The van der Waals surface area contributed by atoms with E-state index in [2.05, 4.69) is 0 Å². The van der Waals surface area contributed by atoms with Crippen LogP contribution in [-0.4, -0.2) is 12.3 Å². The van der Waals surface area contributed by atoms with Crippen LogP contribution in [0.4, 0.5) is 0 Å². The average molecular weight is 225 g/mol. The van der Waals surface area contributed by atoms with Crippen molar-refractivity contribution in [3.05, 3.63) is 59.7 Å². The number of rotatable bonds is 3. The Morgan fingerprint density at radius 3 is 2.29 bits per heavy atom. The summed E-state index contributed by atoms with van der Waals surface area (Å²) in [7, 11) is 0. The van der Waals surface area contributed by atoms with Gasteiger partial charge in [0.2, 0.25) is 0 Å². The highest BCUT2D eigenvalue weighted by Gasteiger charge is 2.00. The number of benzene rings is 2. The lowest BCUT2D eigenvalue weighted by Gasteiger charge is -2.06. The lowest BCUT2D eigenvalue weighted by molar-refractivity contribution is -0.255. The van der Waals surface area contributed by atoms with Crippen LogP contribution in [0.3, 0.4) is 0 Å². The molecule has 0 spiro atoms. The zero-order valence-corrected chi connectivity index (χ0v) is 8.92. The Morgan fingerprint density at radius 2 is 1.65 bits per heavy atom. The van der Waals surface area contributed by atoms with Gasteiger partial charge in [-0.25, -0.2) is 0 Å². The van der Waals surface area contributed by atoms with Crippen molar-refractivity contribution in [2.75, 3.05) is 0 Å². The number of aromatic carboxylic acids is 1. The Morgan fingerprint density at radius 1 is 1.00 bits per heavy atom. The van der Waals surface area contributed by atoms with E-state index >= 15 is 0 Å². The van der Waals surface area contributed by atoms with E-state index in [1.54, 1.807) is 30.3 Å². The molecule has 0 heterocycles. The second kappa shape index (κ2) is 4.61. The second-order valence-corrected chi connectivity index (χ2v) is 3.61. The summed E-state index contributed by atoms with van der Waals surface area (Å²) >= 11 is 0. The molecule has 3 nitrogen and oxygen atoms in total. The van der Waals surface area contributed by atoms with Crippen LogP contribution < -0.4 is 5.11 Å². The number of hydrogen-bond acceptors (Lipinski definition) is 3. The first-order chi connectivity index (χ1) is 8.20. The molecule has 0 aromatic heterocycles. The molecule has 0 radical (unpaired) electrons. The monoisotopic (exact) mass is 225 g/mol.